The lowest BCUT2D eigenvalue weighted by atomic mass is 9.92. The first-order valence-electron chi connectivity index (χ1n) is 7.51. The Kier molecular flexibility index (Phi) is 5.42. The van der Waals surface area contributed by atoms with Crippen LogP contribution in [0.2, 0.25) is 0 Å². The molecule has 2 aliphatic heterocycles. The van der Waals surface area contributed by atoms with Gasteiger partial charge in [-0.1, -0.05) is 6.92 Å². The third-order valence-corrected chi connectivity index (χ3v) is 4.42. The molecule has 2 heterocycles. The van der Waals surface area contributed by atoms with Crippen molar-refractivity contribution in [3.05, 3.63) is 0 Å². The molecule has 0 amide bonds. The van der Waals surface area contributed by atoms with E-state index >= 15 is 0 Å². The number of nitrogens with zero attached hydrogens (tertiary/aromatic N) is 2. The molecule has 3 atom stereocenters. The molecule has 18 heavy (non-hydrogen) atoms. The van der Waals surface area contributed by atoms with Gasteiger partial charge in [-0.25, -0.2) is 0 Å². The lowest BCUT2D eigenvalue weighted by Crippen LogP contribution is -2.50. The summed E-state index contributed by atoms with van der Waals surface area (Å²) in [5.41, 5.74) is 6.04. The summed E-state index contributed by atoms with van der Waals surface area (Å²) in [6.45, 7) is 12.1. The Hall–Kier alpha value is -0.160. The van der Waals surface area contributed by atoms with Gasteiger partial charge in [-0.2, -0.15) is 0 Å². The van der Waals surface area contributed by atoms with Crippen molar-refractivity contribution in [2.24, 2.45) is 11.7 Å². The van der Waals surface area contributed by atoms with Crippen molar-refractivity contribution in [2.45, 2.75) is 38.8 Å². The maximum atomic E-state index is 6.04. The van der Waals surface area contributed by atoms with Crippen LogP contribution in [-0.4, -0.2) is 67.8 Å². The monoisotopic (exact) mass is 255 g/mol. The Morgan fingerprint density at radius 3 is 2.83 bits per heavy atom. The van der Waals surface area contributed by atoms with Crippen LogP contribution < -0.4 is 5.73 Å². The van der Waals surface area contributed by atoms with Crippen molar-refractivity contribution in [1.29, 1.82) is 0 Å². The van der Waals surface area contributed by atoms with E-state index in [1.54, 1.807) is 0 Å². The van der Waals surface area contributed by atoms with Gasteiger partial charge >= 0.3 is 0 Å². The van der Waals surface area contributed by atoms with Gasteiger partial charge in [-0.3, -0.25) is 4.90 Å². The van der Waals surface area contributed by atoms with Crippen molar-refractivity contribution in [3.8, 4) is 0 Å². The number of nitrogens with two attached hydrogens (primary N) is 1. The Bertz CT molecular complexity index is 247. The van der Waals surface area contributed by atoms with E-state index in [-0.39, 0.29) is 0 Å². The summed E-state index contributed by atoms with van der Waals surface area (Å²) in [4.78, 5) is 5.04. The summed E-state index contributed by atoms with van der Waals surface area (Å²) in [5, 5.41) is 0. The van der Waals surface area contributed by atoms with E-state index in [9.17, 15) is 0 Å². The maximum absolute atomic E-state index is 6.04. The van der Waals surface area contributed by atoms with Crippen LogP contribution in [-0.2, 0) is 4.74 Å². The highest BCUT2D eigenvalue weighted by Crippen LogP contribution is 2.19. The second kappa shape index (κ2) is 6.85. The second-order valence-corrected chi connectivity index (χ2v) is 5.91. The third-order valence-electron chi connectivity index (χ3n) is 4.42. The van der Waals surface area contributed by atoms with Gasteiger partial charge in [-0.05, 0) is 38.8 Å². The van der Waals surface area contributed by atoms with Gasteiger partial charge in [0.15, 0.2) is 0 Å². The number of likely N-dealkylation sites (N-methyl/N-ethyl adjacent to an activating group) is 1. The summed E-state index contributed by atoms with van der Waals surface area (Å²) in [6, 6.07) is 0.326. The minimum Gasteiger partial charge on any atom is -0.374 e. The molecule has 0 bridgehead atoms. The zero-order valence-corrected chi connectivity index (χ0v) is 12.0. The normalized spacial score (nSPS) is 33.5. The molecule has 0 aromatic carbocycles. The van der Waals surface area contributed by atoms with Crippen molar-refractivity contribution < 1.29 is 4.74 Å². The highest BCUT2D eigenvalue weighted by molar-refractivity contribution is 4.81. The average molecular weight is 255 g/mol. The molecule has 0 aromatic rings. The number of rotatable bonds is 4. The first kappa shape index (κ1) is 14.3. The van der Waals surface area contributed by atoms with Crippen LogP contribution in [0.15, 0.2) is 0 Å². The molecule has 0 saturated carbocycles. The lowest BCUT2D eigenvalue weighted by Gasteiger charge is -2.39. The van der Waals surface area contributed by atoms with Crippen molar-refractivity contribution >= 4 is 0 Å². The smallest absolute Gasteiger partial charge is 0.0829 e. The van der Waals surface area contributed by atoms with Gasteiger partial charge in [0.2, 0.25) is 0 Å². The first-order chi connectivity index (χ1) is 8.69. The van der Waals surface area contributed by atoms with Crippen LogP contribution in [0.1, 0.15) is 26.7 Å². The SMILES string of the molecule is CCN1CCOC(CN2CCCC(C(C)N)C2)C1. The zero-order chi connectivity index (χ0) is 13.0. The van der Waals surface area contributed by atoms with E-state index in [4.69, 9.17) is 10.5 Å². The number of hydrogen-bond acceptors (Lipinski definition) is 4. The average Bonchev–Trinajstić information content (AvgIpc) is 2.39. The standard InChI is InChI=1S/C14H29N3O/c1-3-16-7-8-18-14(10-16)11-17-6-4-5-13(9-17)12(2)15/h12-14H,3-11,15H2,1-2H3. The van der Waals surface area contributed by atoms with E-state index in [1.165, 1.54) is 19.4 Å². The summed E-state index contributed by atoms with van der Waals surface area (Å²) in [7, 11) is 0. The molecule has 4 heteroatoms. The quantitative estimate of drug-likeness (QED) is 0.805. The van der Waals surface area contributed by atoms with Gasteiger partial charge in [0, 0.05) is 32.2 Å². The maximum Gasteiger partial charge on any atom is 0.0829 e. The predicted molar refractivity (Wildman–Crippen MR) is 74.7 cm³/mol. The van der Waals surface area contributed by atoms with Gasteiger partial charge in [0.05, 0.1) is 12.7 Å². The number of hydrogen-bond donors (Lipinski definition) is 1. The number of likely N-dealkylation sites (tertiary alicyclic amines) is 1. The van der Waals surface area contributed by atoms with Crippen LogP contribution in [0.5, 0.6) is 0 Å². The molecule has 0 aliphatic carbocycles. The number of piperidine rings is 1. The van der Waals surface area contributed by atoms with Crippen molar-refractivity contribution in [1.82, 2.24) is 9.80 Å². The van der Waals surface area contributed by atoms with Crippen LogP contribution in [0.4, 0.5) is 0 Å². The van der Waals surface area contributed by atoms with Gasteiger partial charge in [-0.15, -0.1) is 0 Å². The molecule has 2 fully saturated rings. The molecular weight excluding hydrogens is 226 g/mol. The van der Waals surface area contributed by atoms with Crippen molar-refractivity contribution in [2.75, 3.05) is 45.9 Å². The highest BCUT2D eigenvalue weighted by Gasteiger charge is 2.26. The Balaban J connectivity index is 1.78. The molecule has 2 N–H and O–H groups in total. The van der Waals surface area contributed by atoms with Crippen LogP contribution in [0, 0.1) is 5.92 Å². The van der Waals surface area contributed by atoms with E-state index in [2.05, 4.69) is 23.6 Å². The number of ether oxygens (including phenoxy) is 1. The molecule has 4 nitrogen and oxygen atoms in total. The third kappa shape index (κ3) is 3.92. The van der Waals surface area contributed by atoms with Gasteiger partial charge in [0.1, 0.15) is 0 Å². The topological polar surface area (TPSA) is 41.7 Å². The van der Waals surface area contributed by atoms with Crippen LogP contribution >= 0.6 is 0 Å². The minimum atomic E-state index is 0.326. The summed E-state index contributed by atoms with van der Waals surface area (Å²) < 4.78 is 5.89. The highest BCUT2D eigenvalue weighted by atomic mass is 16.5. The molecular formula is C14H29N3O. The molecule has 2 saturated heterocycles. The fourth-order valence-corrected chi connectivity index (χ4v) is 3.15. The largest absolute Gasteiger partial charge is 0.374 e. The Morgan fingerprint density at radius 2 is 2.11 bits per heavy atom. The first-order valence-corrected chi connectivity index (χ1v) is 7.51. The van der Waals surface area contributed by atoms with E-state index in [0.717, 1.165) is 39.3 Å². The summed E-state index contributed by atoms with van der Waals surface area (Å²) in [5.74, 6) is 0.671. The Labute approximate surface area is 111 Å². The fourth-order valence-electron chi connectivity index (χ4n) is 3.15. The summed E-state index contributed by atoms with van der Waals surface area (Å²) >= 11 is 0. The van der Waals surface area contributed by atoms with Gasteiger partial charge in [0.25, 0.3) is 0 Å². The molecule has 2 rings (SSSR count). The molecule has 2 aliphatic rings. The van der Waals surface area contributed by atoms with Gasteiger partial charge < -0.3 is 15.4 Å². The predicted octanol–water partition coefficient (Wildman–Crippen LogP) is 0.766. The zero-order valence-electron chi connectivity index (χ0n) is 12.0. The minimum absolute atomic E-state index is 0.326. The number of morpholine rings is 1. The van der Waals surface area contributed by atoms with Crippen LogP contribution in [0.3, 0.4) is 0 Å². The molecule has 0 aromatic heterocycles. The van der Waals surface area contributed by atoms with E-state index in [1.807, 2.05) is 0 Å². The lowest BCUT2D eigenvalue weighted by molar-refractivity contribution is -0.0467. The van der Waals surface area contributed by atoms with Crippen molar-refractivity contribution in [3.63, 3.8) is 0 Å². The van der Waals surface area contributed by atoms with E-state index < -0.39 is 0 Å². The summed E-state index contributed by atoms with van der Waals surface area (Å²) in [6.07, 6.45) is 2.97. The van der Waals surface area contributed by atoms with E-state index in [0.29, 0.717) is 18.1 Å². The van der Waals surface area contributed by atoms with Crippen LogP contribution in [0.25, 0.3) is 0 Å². The second-order valence-electron chi connectivity index (χ2n) is 5.91. The molecule has 0 radical (unpaired) electrons. The molecule has 0 spiro atoms. The molecule has 106 valence electrons. The molecule has 3 unspecified atom stereocenters. The fraction of sp³-hybridized carbons (Fsp3) is 1.00. The Morgan fingerprint density at radius 1 is 1.28 bits per heavy atom.